The molecule has 1 aromatic rings. The maximum atomic E-state index is 13.6. The lowest BCUT2D eigenvalue weighted by molar-refractivity contribution is 0.613. The Morgan fingerprint density at radius 2 is 2.11 bits per heavy atom. The van der Waals surface area contributed by atoms with E-state index in [0.717, 1.165) is 24.2 Å². The van der Waals surface area contributed by atoms with Gasteiger partial charge in [-0.25, -0.2) is 4.39 Å². The fourth-order valence-electron chi connectivity index (χ4n) is 2.02. The summed E-state index contributed by atoms with van der Waals surface area (Å²) in [5.41, 5.74) is 2.00. The number of benzene rings is 1. The summed E-state index contributed by atoms with van der Waals surface area (Å²) in [6.07, 6.45) is 3.58. The maximum Gasteiger partial charge on any atom is 0.125 e. The zero-order valence-electron chi connectivity index (χ0n) is 11.5. The average molecular weight is 250 g/mol. The van der Waals surface area contributed by atoms with Crippen molar-refractivity contribution in [2.45, 2.75) is 51.7 Å². The first kappa shape index (κ1) is 13.3. The molecule has 100 valence electrons. The van der Waals surface area contributed by atoms with Crippen molar-refractivity contribution < 1.29 is 4.39 Å². The van der Waals surface area contributed by atoms with E-state index < -0.39 is 0 Å². The molecule has 1 aromatic carbocycles. The van der Waals surface area contributed by atoms with Gasteiger partial charge in [0.2, 0.25) is 0 Å². The molecule has 1 fully saturated rings. The third-order valence-corrected chi connectivity index (χ3v) is 3.77. The highest BCUT2D eigenvalue weighted by Crippen LogP contribution is 2.22. The molecule has 2 rings (SSSR count). The first-order valence-corrected chi connectivity index (χ1v) is 6.86. The molecule has 0 bridgehead atoms. The minimum absolute atomic E-state index is 0.143. The molecule has 1 saturated carbocycles. The Balaban J connectivity index is 2.08. The molecule has 0 aromatic heterocycles. The third-order valence-electron chi connectivity index (χ3n) is 3.77. The van der Waals surface area contributed by atoms with Crippen LogP contribution in [0.1, 0.15) is 38.7 Å². The number of hydrogen-bond acceptors (Lipinski definition) is 2. The van der Waals surface area contributed by atoms with Crippen molar-refractivity contribution >= 4 is 5.69 Å². The molecule has 1 aliphatic rings. The van der Waals surface area contributed by atoms with Crippen LogP contribution in [0.25, 0.3) is 0 Å². The van der Waals surface area contributed by atoms with E-state index in [1.165, 1.54) is 12.8 Å². The van der Waals surface area contributed by atoms with Gasteiger partial charge < -0.3 is 10.2 Å². The van der Waals surface area contributed by atoms with Gasteiger partial charge in [0, 0.05) is 31.4 Å². The Labute approximate surface area is 109 Å². The Morgan fingerprint density at radius 1 is 1.39 bits per heavy atom. The van der Waals surface area contributed by atoms with Crippen LogP contribution in [-0.4, -0.2) is 19.1 Å². The van der Waals surface area contributed by atoms with Crippen molar-refractivity contribution in [1.29, 1.82) is 0 Å². The summed E-state index contributed by atoms with van der Waals surface area (Å²) >= 11 is 0. The third kappa shape index (κ3) is 3.45. The molecule has 0 aliphatic heterocycles. The lowest BCUT2D eigenvalue weighted by Crippen LogP contribution is -2.28. The Hall–Kier alpha value is -1.09. The summed E-state index contributed by atoms with van der Waals surface area (Å²) in [5, 5.41) is 3.42. The van der Waals surface area contributed by atoms with Crippen LogP contribution >= 0.6 is 0 Å². The molecule has 1 unspecified atom stereocenters. The molecule has 0 amide bonds. The van der Waals surface area contributed by atoms with Crippen LogP contribution in [0.3, 0.4) is 0 Å². The molecule has 0 spiro atoms. The smallest absolute Gasteiger partial charge is 0.125 e. The molecular weight excluding hydrogens is 227 g/mol. The van der Waals surface area contributed by atoms with Gasteiger partial charge in [-0.1, -0.05) is 6.92 Å². The van der Waals surface area contributed by atoms with E-state index in [-0.39, 0.29) is 5.82 Å². The van der Waals surface area contributed by atoms with Crippen molar-refractivity contribution in [2.75, 3.05) is 11.9 Å². The van der Waals surface area contributed by atoms with E-state index in [4.69, 9.17) is 0 Å². The van der Waals surface area contributed by atoms with Crippen molar-refractivity contribution in [3.05, 3.63) is 29.6 Å². The predicted molar refractivity (Wildman–Crippen MR) is 74.4 cm³/mol. The maximum absolute atomic E-state index is 13.6. The van der Waals surface area contributed by atoms with E-state index in [1.54, 1.807) is 12.1 Å². The highest BCUT2D eigenvalue weighted by molar-refractivity contribution is 5.49. The summed E-state index contributed by atoms with van der Waals surface area (Å²) in [6.45, 7) is 5.08. The summed E-state index contributed by atoms with van der Waals surface area (Å²) < 4.78 is 13.6. The van der Waals surface area contributed by atoms with Crippen LogP contribution in [0.5, 0.6) is 0 Å². The Kier molecular flexibility index (Phi) is 4.23. The standard InChI is InChI=1S/C15H23FN2/c1-4-11(2)18(3)15-8-12(7-13(16)9-15)10-17-14-5-6-14/h7-9,11,14,17H,4-6,10H2,1-3H3. The van der Waals surface area contributed by atoms with E-state index in [0.29, 0.717) is 12.1 Å². The minimum Gasteiger partial charge on any atom is -0.372 e. The molecule has 0 heterocycles. The molecular formula is C15H23FN2. The van der Waals surface area contributed by atoms with E-state index >= 15 is 0 Å². The minimum atomic E-state index is -0.143. The van der Waals surface area contributed by atoms with E-state index in [9.17, 15) is 4.39 Å². The van der Waals surface area contributed by atoms with Gasteiger partial charge in [0.25, 0.3) is 0 Å². The zero-order valence-corrected chi connectivity index (χ0v) is 11.5. The summed E-state index contributed by atoms with van der Waals surface area (Å²) in [5.74, 6) is -0.143. The van der Waals surface area contributed by atoms with Gasteiger partial charge in [-0.2, -0.15) is 0 Å². The second-order valence-corrected chi connectivity index (χ2v) is 5.34. The largest absolute Gasteiger partial charge is 0.372 e. The molecule has 2 nitrogen and oxygen atoms in total. The first-order valence-electron chi connectivity index (χ1n) is 6.86. The number of nitrogens with one attached hydrogen (secondary N) is 1. The number of anilines is 1. The molecule has 3 heteroatoms. The quantitative estimate of drug-likeness (QED) is 0.833. The van der Waals surface area contributed by atoms with Gasteiger partial charge in [0.15, 0.2) is 0 Å². The zero-order chi connectivity index (χ0) is 13.1. The topological polar surface area (TPSA) is 15.3 Å². The molecule has 0 saturated heterocycles. The van der Waals surface area contributed by atoms with Gasteiger partial charge in [0.05, 0.1) is 0 Å². The van der Waals surface area contributed by atoms with Crippen LogP contribution in [-0.2, 0) is 6.54 Å². The second kappa shape index (κ2) is 5.70. The van der Waals surface area contributed by atoms with Gasteiger partial charge >= 0.3 is 0 Å². The van der Waals surface area contributed by atoms with Crippen molar-refractivity contribution in [3.63, 3.8) is 0 Å². The Bertz CT molecular complexity index is 401. The summed E-state index contributed by atoms with van der Waals surface area (Å²) in [6, 6.07) is 6.42. The molecule has 18 heavy (non-hydrogen) atoms. The first-order chi connectivity index (χ1) is 8.60. The highest BCUT2D eigenvalue weighted by atomic mass is 19.1. The fourth-order valence-corrected chi connectivity index (χ4v) is 2.02. The normalized spacial score (nSPS) is 16.7. The van der Waals surface area contributed by atoms with Crippen molar-refractivity contribution in [3.8, 4) is 0 Å². The van der Waals surface area contributed by atoms with Crippen molar-refractivity contribution in [2.24, 2.45) is 0 Å². The fraction of sp³-hybridized carbons (Fsp3) is 0.600. The van der Waals surface area contributed by atoms with Gasteiger partial charge in [-0.05, 0) is 49.9 Å². The van der Waals surface area contributed by atoms with Gasteiger partial charge in [0.1, 0.15) is 5.82 Å². The molecule has 0 radical (unpaired) electrons. The lowest BCUT2D eigenvalue weighted by Gasteiger charge is -2.26. The van der Waals surface area contributed by atoms with Crippen LogP contribution < -0.4 is 10.2 Å². The van der Waals surface area contributed by atoms with Gasteiger partial charge in [-0.3, -0.25) is 0 Å². The number of halogens is 1. The van der Waals surface area contributed by atoms with Crippen LogP contribution in [0.4, 0.5) is 10.1 Å². The van der Waals surface area contributed by atoms with Crippen LogP contribution in [0.15, 0.2) is 18.2 Å². The van der Waals surface area contributed by atoms with Crippen molar-refractivity contribution in [1.82, 2.24) is 5.32 Å². The molecule has 1 N–H and O–H groups in total. The molecule has 1 aliphatic carbocycles. The SMILES string of the molecule is CCC(C)N(C)c1cc(F)cc(CNC2CC2)c1. The van der Waals surface area contributed by atoms with E-state index in [1.807, 2.05) is 7.05 Å². The lowest BCUT2D eigenvalue weighted by atomic mass is 10.1. The van der Waals surface area contributed by atoms with Crippen LogP contribution in [0, 0.1) is 5.82 Å². The number of nitrogens with zero attached hydrogens (tertiary/aromatic N) is 1. The average Bonchev–Trinajstić information content (AvgIpc) is 3.18. The van der Waals surface area contributed by atoms with E-state index in [2.05, 4.69) is 30.1 Å². The second-order valence-electron chi connectivity index (χ2n) is 5.34. The highest BCUT2D eigenvalue weighted by Gasteiger charge is 2.20. The van der Waals surface area contributed by atoms with Crippen LogP contribution in [0.2, 0.25) is 0 Å². The summed E-state index contributed by atoms with van der Waals surface area (Å²) in [4.78, 5) is 2.14. The monoisotopic (exact) mass is 250 g/mol. The Morgan fingerprint density at radius 3 is 2.72 bits per heavy atom. The summed E-state index contributed by atoms with van der Waals surface area (Å²) in [7, 11) is 2.03. The number of hydrogen-bond donors (Lipinski definition) is 1. The number of rotatable bonds is 6. The van der Waals surface area contributed by atoms with Gasteiger partial charge in [-0.15, -0.1) is 0 Å². The predicted octanol–water partition coefficient (Wildman–Crippen LogP) is 3.31. The molecule has 1 atom stereocenters.